The van der Waals surface area contributed by atoms with Gasteiger partial charge in [-0.3, -0.25) is 0 Å². The van der Waals surface area contributed by atoms with Crippen molar-refractivity contribution in [2.45, 2.75) is 13.0 Å². The number of nitrogens with one attached hydrogen (secondary N) is 1. The molecule has 0 fully saturated rings. The molecule has 2 amide bonds. The summed E-state index contributed by atoms with van der Waals surface area (Å²) in [4.78, 5) is 15.9. The lowest BCUT2D eigenvalue weighted by Gasteiger charge is -2.23. The van der Waals surface area contributed by atoms with Gasteiger partial charge < -0.3 is 19.7 Å². The molecule has 0 aliphatic heterocycles. The Balaban J connectivity index is 1.74. The fourth-order valence-electron chi connectivity index (χ4n) is 2.93. The van der Waals surface area contributed by atoms with Crippen molar-refractivity contribution in [3.05, 3.63) is 74.4 Å². The zero-order valence-corrected chi connectivity index (χ0v) is 19.0. The van der Waals surface area contributed by atoms with Gasteiger partial charge in [0.05, 0.1) is 31.5 Å². The highest BCUT2D eigenvalue weighted by molar-refractivity contribution is 7.09. The number of benzene rings is 2. The second-order valence-electron chi connectivity index (χ2n) is 6.49. The Bertz CT molecular complexity index is 996. The number of urea groups is 1. The summed E-state index contributed by atoms with van der Waals surface area (Å²) < 4.78 is 10.7. The Kier molecular flexibility index (Phi) is 7.85. The SMILES string of the molecule is COc1ccc(CCN(Cc2cccs2)C(=O)Nc2ccc(Cl)cc2Cl)cc1OC. The zero-order chi connectivity index (χ0) is 21.5. The molecule has 3 aromatic rings. The second kappa shape index (κ2) is 10.6. The molecule has 0 saturated heterocycles. The summed E-state index contributed by atoms with van der Waals surface area (Å²) >= 11 is 13.8. The Morgan fingerprint density at radius 2 is 1.87 bits per heavy atom. The lowest BCUT2D eigenvalue weighted by molar-refractivity contribution is 0.210. The summed E-state index contributed by atoms with van der Waals surface area (Å²) in [7, 11) is 3.21. The van der Waals surface area contributed by atoms with Crippen molar-refractivity contribution in [3.8, 4) is 11.5 Å². The third-order valence-corrected chi connectivity index (χ3v) is 5.91. The second-order valence-corrected chi connectivity index (χ2v) is 8.37. The number of carbonyl (C=O) groups is 1. The van der Waals surface area contributed by atoms with E-state index in [0.29, 0.717) is 46.7 Å². The van der Waals surface area contributed by atoms with Crippen LogP contribution in [-0.2, 0) is 13.0 Å². The van der Waals surface area contributed by atoms with E-state index in [1.807, 2.05) is 35.7 Å². The number of methoxy groups -OCH3 is 2. The first kappa shape index (κ1) is 22.3. The van der Waals surface area contributed by atoms with Crippen molar-refractivity contribution in [3.63, 3.8) is 0 Å². The molecule has 1 N–H and O–H groups in total. The average molecular weight is 465 g/mol. The van der Waals surface area contributed by atoms with Crippen LogP contribution in [0.25, 0.3) is 0 Å². The van der Waals surface area contributed by atoms with E-state index in [1.165, 1.54) is 0 Å². The highest BCUT2D eigenvalue weighted by Crippen LogP contribution is 2.28. The zero-order valence-electron chi connectivity index (χ0n) is 16.7. The average Bonchev–Trinajstić information content (AvgIpc) is 3.26. The molecule has 2 aromatic carbocycles. The number of rotatable bonds is 8. The number of carbonyl (C=O) groups excluding carboxylic acids is 1. The van der Waals surface area contributed by atoms with Crippen LogP contribution in [0.5, 0.6) is 11.5 Å². The molecule has 0 saturated carbocycles. The van der Waals surface area contributed by atoms with E-state index >= 15 is 0 Å². The molecule has 0 atom stereocenters. The van der Waals surface area contributed by atoms with Gasteiger partial charge in [-0.2, -0.15) is 0 Å². The largest absolute Gasteiger partial charge is 0.493 e. The van der Waals surface area contributed by atoms with E-state index in [0.717, 1.165) is 10.4 Å². The Labute approximate surface area is 190 Å². The van der Waals surface area contributed by atoms with Crippen molar-refractivity contribution in [1.29, 1.82) is 0 Å². The molecule has 30 heavy (non-hydrogen) atoms. The molecule has 1 aromatic heterocycles. The summed E-state index contributed by atoms with van der Waals surface area (Å²) in [5, 5.41) is 5.79. The molecule has 0 spiro atoms. The van der Waals surface area contributed by atoms with Gasteiger partial charge in [-0.1, -0.05) is 35.3 Å². The topological polar surface area (TPSA) is 50.8 Å². The number of ether oxygens (including phenoxy) is 2. The minimum absolute atomic E-state index is 0.229. The molecule has 1 heterocycles. The lowest BCUT2D eigenvalue weighted by atomic mass is 10.1. The molecule has 0 bridgehead atoms. The van der Waals surface area contributed by atoms with Crippen LogP contribution >= 0.6 is 34.5 Å². The third kappa shape index (κ3) is 5.81. The van der Waals surface area contributed by atoms with Crippen molar-refractivity contribution < 1.29 is 14.3 Å². The third-order valence-electron chi connectivity index (χ3n) is 4.51. The number of hydrogen-bond acceptors (Lipinski definition) is 4. The highest BCUT2D eigenvalue weighted by atomic mass is 35.5. The molecule has 0 aliphatic rings. The maximum atomic E-state index is 13.0. The van der Waals surface area contributed by atoms with Gasteiger partial charge in [0.25, 0.3) is 0 Å². The molecule has 3 rings (SSSR count). The Morgan fingerprint density at radius 3 is 2.53 bits per heavy atom. The van der Waals surface area contributed by atoms with Crippen LogP contribution in [-0.4, -0.2) is 31.7 Å². The number of nitrogens with zero attached hydrogens (tertiary/aromatic N) is 1. The summed E-state index contributed by atoms with van der Waals surface area (Å²) in [5.41, 5.74) is 1.56. The van der Waals surface area contributed by atoms with E-state index in [1.54, 1.807) is 48.7 Å². The van der Waals surface area contributed by atoms with Crippen LogP contribution < -0.4 is 14.8 Å². The lowest BCUT2D eigenvalue weighted by Crippen LogP contribution is -2.36. The van der Waals surface area contributed by atoms with Gasteiger partial charge >= 0.3 is 6.03 Å². The first-order valence-corrected chi connectivity index (χ1v) is 10.9. The minimum Gasteiger partial charge on any atom is -0.493 e. The Hall–Kier alpha value is -2.41. The first-order chi connectivity index (χ1) is 14.5. The van der Waals surface area contributed by atoms with Crippen LogP contribution in [0.15, 0.2) is 53.9 Å². The van der Waals surface area contributed by atoms with Crippen molar-refractivity contribution in [2.75, 3.05) is 26.1 Å². The predicted octanol–water partition coefficient (Wildman–Crippen LogP) is 6.35. The monoisotopic (exact) mass is 464 g/mol. The highest BCUT2D eigenvalue weighted by Gasteiger charge is 2.17. The fourth-order valence-corrected chi connectivity index (χ4v) is 4.10. The number of hydrogen-bond donors (Lipinski definition) is 1. The standard InChI is InChI=1S/C22H22Cl2N2O3S/c1-28-20-8-5-15(12-21(20)29-2)9-10-26(14-17-4-3-11-30-17)22(27)25-19-7-6-16(23)13-18(19)24/h3-8,11-13H,9-10,14H2,1-2H3,(H,25,27). The van der Waals surface area contributed by atoms with E-state index in [2.05, 4.69) is 5.32 Å². The van der Waals surface area contributed by atoms with Gasteiger partial charge in [0.2, 0.25) is 0 Å². The summed E-state index contributed by atoms with van der Waals surface area (Å²) in [6.07, 6.45) is 0.660. The first-order valence-electron chi connectivity index (χ1n) is 9.24. The summed E-state index contributed by atoms with van der Waals surface area (Å²) in [6, 6.07) is 14.5. The van der Waals surface area contributed by atoms with E-state index in [-0.39, 0.29) is 6.03 Å². The van der Waals surface area contributed by atoms with Gasteiger partial charge in [-0.25, -0.2) is 4.79 Å². The van der Waals surface area contributed by atoms with E-state index in [9.17, 15) is 4.79 Å². The molecule has 158 valence electrons. The maximum absolute atomic E-state index is 13.0. The van der Waals surface area contributed by atoms with Crippen LogP contribution in [0.3, 0.4) is 0 Å². The summed E-state index contributed by atoms with van der Waals surface area (Å²) in [6.45, 7) is 1.02. The van der Waals surface area contributed by atoms with Crippen molar-refractivity contribution >= 4 is 46.3 Å². The van der Waals surface area contributed by atoms with Gasteiger partial charge in [0, 0.05) is 16.4 Å². The molecule has 0 aliphatic carbocycles. The van der Waals surface area contributed by atoms with E-state index < -0.39 is 0 Å². The summed E-state index contributed by atoms with van der Waals surface area (Å²) in [5.74, 6) is 1.34. The molecular weight excluding hydrogens is 443 g/mol. The normalized spacial score (nSPS) is 10.5. The van der Waals surface area contributed by atoms with Gasteiger partial charge in [-0.15, -0.1) is 11.3 Å². The van der Waals surface area contributed by atoms with Crippen LogP contribution in [0, 0.1) is 0 Å². The minimum atomic E-state index is -0.229. The fraction of sp³-hybridized carbons (Fsp3) is 0.227. The molecule has 0 radical (unpaired) electrons. The molecule has 5 nitrogen and oxygen atoms in total. The van der Waals surface area contributed by atoms with Crippen LogP contribution in [0.1, 0.15) is 10.4 Å². The number of halogens is 2. The van der Waals surface area contributed by atoms with Crippen molar-refractivity contribution in [2.24, 2.45) is 0 Å². The van der Waals surface area contributed by atoms with Crippen molar-refractivity contribution in [1.82, 2.24) is 4.90 Å². The maximum Gasteiger partial charge on any atom is 0.322 e. The quantitative estimate of drug-likeness (QED) is 0.422. The Morgan fingerprint density at radius 1 is 1.07 bits per heavy atom. The van der Waals surface area contributed by atoms with Gasteiger partial charge in [-0.05, 0) is 53.8 Å². The molecular formula is C22H22Cl2N2O3S. The molecule has 0 unspecified atom stereocenters. The smallest absolute Gasteiger partial charge is 0.322 e. The number of anilines is 1. The predicted molar refractivity (Wildman–Crippen MR) is 123 cm³/mol. The van der Waals surface area contributed by atoms with E-state index in [4.69, 9.17) is 32.7 Å². The van der Waals surface area contributed by atoms with Gasteiger partial charge in [0.15, 0.2) is 11.5 Å². The number of thiophene rings is 1. The molecule has 8 heteroatoms. The van der Waals surface area contributed by atoms with Crippen LogP contribution in [0.2, 0.25) is 10.0 Å². The number of amides is 2. The van der Waals surface area contributed by atoms with Crippen LogP contribution in [0.4, 0.5) is 10.5 Å². The van der Waals surface area contributed by atoms with Gasteiger partial charge in [0.1, 0.15) is 0 Å².